The second kappa shape index (κ2) is 6.42. The van der Waals surface area contributed by atoms with Gasteiger partial charge in [0.2, 0.25) is 0 Å². The van der Waals surface area contributed by atoms with E-state index >= 15 is 0 Å². The minimum Gasteiger partial charge on any atom is -0.424 e. The molecular formula is C13H18N4O2S. The van der Waals surface area contributed by atoms with Crippen molar-refractivity contribution < 1.29 is 9.53 Å². The maximum atomic E-state index is 11.7. The van der Waals surface area contributed by atoms with Gasteiger partial charge in [-0.05, 0) is 52.0 Å². The van der Waals surface area contributed by atoms with Crippen molar-refractivity contribution in [2.75, 3.05) is 0 Å². The average molecular weight is 294 g/mol. The Balaban J connectivity index is 2.77. The van der Waals surface area contributed by atoms with Gasteiger partial charge in [-0.3, -0.25) is 15.2 Å². The van der Waals surface area contributed by atoms with E-state index in [2.05, 4.69) is 27.7 Å². The first-order valence-corrected chi connectivity index (χ1v) is 6.39. The number of esters is 1. The molecule has 3 N–H and O–H groups in total. The minimum absolute atomic E-state index is 0.0834. The van der Waals surface area contributed by atoms with Crippen LogP contribution in [0.1, 0.15) is 33.4 Å². The summed E-state index contributed by atoms with van der Waals surface area (Å²) in [5.74, 6) is 0.0800. The number of nitrogens with one attached hydrogen (secondary N) is 1. The van der Waals surface area contributed by atoms with Gasteiger partial charge >= 0.3 is 5.97 Å². The van der Waals surface area contributed by atoms with Crippen molar-refractivity contribution in [1.29, 1.82) is 0 Å². The summed E-state index contributed by atoms with van der Waals surface area (Å²) in [5, 5.41) is 4.04. The second-order valence-electron chi connectivity index (χ2n) is 5.19. The predicted molar refractivity (Wildman–Crippen MR) is 81.5 cm³/mol. The maximum absolute atomic E-state index is 11.7. The van der Waals surface area contributed by atoms with E-state index in [1.165, 1.54) is 6.20 Å². The highest BCUT2D eigenvalue weighted by atomic mass is 32.1. The van der Waals surface area contributed by atoms with E-state index in [1.807, 2.05) is 0 Å². The molecule has 0 spiro atoms. The lowest BCUT2D eigenvalue weighted by Gasteiger charge is -2.16. The quantitative estimate of drug-likeness (QED) is 0.381. The molecule has 0 aliphatic heterocycles. The van der Waals surface area contributed by atoms with Gasteiger partial charge in [0.05, 0.1) is 23.0 Å². The number of rotatable bonds is 3. The van der Waals surface area contributed by atoms with Crippen molar-refractivity contribution in [2.24, 2.45) is 16.3 Å². The summed E-state index contributed by atoms with van der Waals surface area (Å²) in [4.78, 5) is 15.9. The van der Waals surface area contributed by atoms with Gasteiger partial charge in [0.25, 0.3) is 0 Å². The largest absolute Gasteiger partial charge is 0.424 e. The van der Waals surface area contributed by atoms with Crippen LogP contribution in [0.2, 0.25) is 0 Å². The van der Waals surface area contributed by atoms with E-state index in [0.29, 0.717) is 17.2 Å². The molecule has 7 heteroatoms. The normalized spacial score (nSPS) is 11.9. The number of nitrogens with two attached hydrogens (primary N) is 1. The Labute approximate surface area is 123 Å². The molecule has 0 fully saturated rings. The van der Waals surface area contributed by atoms with Crippen LogP contribution in [0.15, 0.2) is 23.4 Å². The third-order valence-electron chi connectivity index (χ3n) is 2.26. The van der Waals surface area contributed by atoms with Crippen molar-refractivity contribution in [3.63, 3.8) is 0 Å². The minimum atomic E-state index is -0.559. The van der Waals surface area contributed by atoms with Gasteiger partial charge in [0.15, 0.2) is 5.11 Å². The maximum Gasteiger partial charge on any atom is 0.316 e. The van der Waals surface area contributed by atoms with Crippen molar-refractivity contribution >= 4 is 29.0 Å². The van der Waals surface area contributed by atoms with Crippen LogP contribution in [0.4, 0.5) is 0 Å². The number of carbonyl (C=O) groups excluding carboxylic acids is 1. The highest BCUT2D eigenvalue weighted by Gasteiger charge is 2.23. The Morgan fingerprint density at radius 3 is 2.55 bits per heavy atom. The van der Waals surface area contributed by atoms with E-state index in [1.54, 1.807) is 39.8 Å². The molecule has 0 atom stereocenters. The molecular weight excluding hydrogens is 276 g/mol. The Bertz CT molecular complexity index is 532. The second-order valence-corrected chi connectivity index (χ2v) is 5.63. The molecule has 0 bridgehead atoms. The lowest BCUT2D eigenvalue weighted by molar-refractivity contribution is -0.143. The molecule has 1 aromatic rings. The molecule has 0 saturated carbocycles. The molecule has 0 amide bonds. The van der Waals surface area contributed by atoms with Crippen LogP contribution in [0.5, 0.6) is 5.75 Å². The van der Waals surface area contributed by atoms with E-state index in [4.69, 9.17) is 10.5 Å². The van der Waals surface area contributed by atoms with Crippen LogP contribution in [0.25, 0.3) is 0 Å². The SMILES string of the molecule is C/C(=N\NC(N)=S)c1ccc(OC(=O)C(C)(C)C)cn1. The molecule has 20 heavy (non-hydrogen) atoms. The van der Waals surface area contributed by atoms with Gasteiger partial charge in [-0.15, -0.1) is 0 Å². The number of nitrogens with zero attached hydrogens (tertiary/aromatic N) is 2. The summed E-state index contributed by atoms with van der Waals surface area (Å²) in [7, 11) is 0. The highest BCUT2D eigenvalue weighted by Crippen LogP contribution is 2.18. The summed E-state index contributed by atoms with van der Waals surface area (Å²) >= 11 is 4.65. The van der Waals surface area contributed by atoms with Gasteiger partial charge in [-0.1, -0.05) is 0 Å². The number of thiocarbonyl (C=S) groups is 1. The third-order valence-corrected chi connectivity index (χ3v) is 2.36. The molecule has 0 radical (unpaired) electrons. The van der Waals surface area contributed by atoms with Crippen molar-refractivity contribution in [2.45, 2.75) is 27.7 Å². The first-order valence-electron chi connectivity index (χ1n) is 5.98. The Hall–Kier alpha value is -2.02. The van der Waals surface area contributed by atoms with Crippen molar-refractivity contribution in [3.05, 3.63) is 24.0 Å². The zero-order chi connectivity index (χ0) is 15.3. The fourth-order valence-electron chi connectivity index (χ4n) is 1.11. The summed E-state index contributed by atoms with van der Waals surface area (Å²) in [6.07, 6.45) is 1.47. The number of hydrogen-bond donors (Lipinski definition) is 2. The smallest absolute Gasteiger partial charge is 0.316 e. The fourth-order valence-corrected chi connectivity index (χ4v) is 1.16. The number of ether oxygens (including phenoxy) is 1. The first-order chi connectivity index (χ1) is 9.20. The summed E-state index contributed by atoms with van der Waals surface area (Å²) in [6.45, 7) is 7.12. The number of hydrazone groups is 1. The Morgan fingerprint density at radius 1 is 1.45 bits per heavy atom. The van der Waals surface area contributed by atoms with Crippen LogP contribution >= 0.6 is 12.2 Å². The summed E-state index contributed by atoms with van der Waals surface area (Å²) < 4.78 is 5.21. The zero-order valence-corrected chi connectivity index (χ0v) is 12.7. The third kappa shape index (κ3) is 4.93. The van der Waals surface area contributed by atoms with E-state index in [9.17, 15) is 4.79 Å². The van der Waals surface area contributed by atoms with E-state index < -0.39 is 5.41 Å². The van der Waals surface area contributed by atoms with Gasteiger partial charge in [0.1, 0.15) is 5.75 Å². The van der Waals surface area contributed by atoms with Crippen LogP contribution < -0.4 is 15.9 Å². The van der Waals surface area contributed by atoms with Gasteiger partial charge in [-0.2, -0.15) is 5.10 Å². The lowest BCUT2D eigenvalue weighted by Crippen LogP contribution is -2.26. The summed E-state index contributed by atoms with van der Waals surface area (Å²) in [6, 6.07) is 3.36. The van der Waals surface area contributed by atoms with Gasteiger partial charge < -0.3 is 10.5 Å². The van der Waals surface area contributed by atoms with Gasteiger partial charge in [-0.25, -0.2) is 0 Å². The number of hydrogen-bond acceptors (Lipinski definition) is 5. The number of pyridine rings is 1. The van der Waals surface area contributed by atoms with Crippen molar-refractivity contribution in [3.8, 4) is 5.75 Å². The van der Waals surface area contributed by atoms with Crippen molar-refractivity contribution in [1.82, 2.24) is 10.4 Å². The topological polar surface area (TPSA) is 89.6 Å². The van der Waals surface area contributed by atoms with Crippen LogP contribution in [0, 0.1) is 5.41 Å². The van der Waals surface area contributed by atoms with Crippen LogP contribution in [-0.4, -0.2) is 21.8 Å². The standard InChI is InChI=1S/C13H18N4O2S/c1-8(16-17-12(14)20)10-6-5-9(7-15-10)19-11(18)13(2,3)4/h5-7H,1-4H3,(H3,14,17,20)/b16-8+. The molecule has 0 unspecified atom stereocenters. The van der Waals surface area contributed by atoms with E-state index in [-0.39, 0.29) is 11.1 Å². The number of aromatic nitrogens is 1. The predicted octanol–water partition coefficient (Wildman–Crippen LogP) is 1.59. The van der Waals surface area contributed by atoms with Crippen LogP contribution in [0.3, 0.4) is 0 Å². The fraction of sp³-hybridized carbons (Fsp3) is 0.385. The molecule has 0 aliphatic rings. The monoisotopic (exact) mass is 294 g/mol. The highest BCUT2D eigenvalue weighted by molar-refractivity contribution is 7.80. The molecule has 0 saturated heterocycles. The molecule has 1 rings (SSSR count). The Morgan fingerprint density at radius 2 is 2.10 bits per heavy atom. The average Bonchev–Trinajstić information content (AvgIpc) is 2.35. The molecule has 1 aromatic heterocycles. The molecule has 1 heterocycles. The molecule has 6 nitrogen and oxygen atoms in total. The zero-order valence-electron chi connectivity index (χ0n) is 11.9. The molecule has 108 valence electrons. The number of carbonyl (C=O) groups is 1. The summed E-state index contributed by atoms with van der Waals surface area (Å²) in [5.41, 5.74) is 8.44. The first kappa shape index (κ1) is 16.0. The molecule has 0 aromatic carbocycles. The molecule has 0 aliphatic carbocycles. The van der Waals surface area contributed by atoms with Gasteiger partial charge in [0, 0.05) is 0 Å². The Kier molecular flexibility index (Phi) is 5.15. The van der Waals surface area contributed by atoms with Crippen LogP contribution in [-0.2, 0) is 4.79 Å². The lowest BCUT2D eigenvalue weighted by atomic mass is 9.97. The van der Waals surface area contributed by atoms with E-state index in [0.717, 1.165) is 0 Å².